The van der Waals surface area contributed by atoms with Crippen molar-refractivity contribution < 1.29 is 0 Å². The van der Waals surface area contributed by atoms with Crippen molar-refractivity contribution in [3.8, 4) is 0 Å². The van der Waals surface area contributed by atoms with Gasteiger partial charge in [-0.25, -0.2) is 9.50 Å². The van der Waals surface area contributed by atoms with Gasteiger partial charge in [-0.3, -0.25) is 0 Å². The van der Waals surface area contributed by atoms with Gasteiger partial charge in [0.15, 0.2) is 5.65 Å². The molecule has 1 N–H and O–H groups in total. The van der Waals surface area contributed by atoms with E-state index in [0.29, 0.717) is 0 Å². The average Bonchev–Trinajstić information content (AvgIpc) is 3.04. The lowest BCUT2D eigenvalue weighted by atomic mass is 10.1. The minimum atomic E-state index is 0.753. The molecule has 3 rings (SSSR count). The van der Waals surface area contributed by atoms with Crippen LogP contribution in [0.3, 0.4) is 0 Å². The number of rotatable bonds is 4. The van der Waals surface area contributed by atoms with Crippen LogP contribution in [0.1, 0.15) is 19.8 Å². The van der Waals surface area contributed by atoms with E-state index in [2.05, 4.69) is 22.3 Å². The van der Waals surface area contributed by atoms with Gasteiger partial charge in [-0.15, -0.1) is 0 Å². The summed E-state index contributed by atoms with van der Waals surface area (Å²) in [5, 5.41) is 7.52. The highest BCUT2D eigenvalue weighted by Crippen LogP contribution is 2.36. The largest absolute Gasteiger partial charge is 0.370 e. The molecule has 1 aliphatic rings. The molecule has 0 spiro atoms. The molecule has 4 nitrogen and oxygen atoms in total. The number of aromatic nitrogens is 3. The highest BCUT2D eigenvalue weighted by molar-refractivity contribution is 5.45. The van der Waals surface area contributed by atoms with Gasteiger partial charge in [-0.05, 0) is 30.7 Å². The molecule has 16 heavy (non-hydrogen) atoms. The number of hydrogen-bond donors (Lipinski definition) is 1. The molecule has 2 heterocycles. The van der Waals surface area contributed by atoms with Crippen LogP contribution >= 0.6 is 0 Å². The third-order valence-corrected chi connectivity index (χ3v) is 3.29. The van der Waals surface area contributed by atoms with Crippen molar-refractivity contribution in [3.63, 3.8) is 0 Å². The van der Waals surface area contributed by atoms with Gasteiger partial charge in [0.1, 0.15) is 5.82 Å². The smallest absolute Gasteiger partial charge is 0.157 e. The van der Waals surface area contributed by atoms with Crippen molar-refractivity contribution in [2.45, 2.75) is 19.8 Å². The van der Waals surface area contributed by atoms with Crippen LogP contribution in [0.25, 0.3) is 5.65 Å². The number of hydrogen-bond acceptors (Lipinski definition) is 3. The minimum Gasteiger partial charge on any atom is -0.370 e. The first-order valence-corrected chi connectivity index (χ1v) is 5.87. The zero-order valence-corrected chi connectivity index (χ0v) is 9.43. The predicted molar refractivity (Wildman–Crippen MR) is 63.4 cm³/mol. The van der Waals surface area contributed by atoms with Gasteiger partial charge < -0.3 is 5.32 Å². The summed E-state index contributed by atoms with van der Waals surface area (Å²) in [6, 6.07) is 3.88. The van der Waals surface area contributed by atoms with Crippen molar-refractivity contribution in [1.82, 2.24) is 14.6 Å². The topological polar surface area (TPSA) is 42.2 Å². The van der Waals surface area contributed by atoms with Gasteiger partial charge in [-0.2, -0.15) is 5.10 Å². The van der Waals surface area contributed by atoms with Crippen LogP contribution in [-0.4, -0.2) is 21.1 Å². The summed E-state index contributed by atoms with van der Waals surface area (Å²) in [6.45, 7) is 3.32. The van der Waals surface area contributed by atoms with Crippen molar-refractivity contribution in [2.75, 3.05) is 11.9 Å². The Morgan fingerprint density at radius 2 is 2.38 bits per heavy atom. The number of fused-ring (bicyclic) bond motifs is 1. The van der Waals surface area contributed by atoms with Crippen molar-refractivity contribution in [3.05, 3.63) is 24.5 Å². The normalized spacial score (nSPS) is 17.6. The van der Waals surface area contributed by atoms with Gasteiger partial charge in [0.25, 0.3) is 0 Å². The highest BCUT2D eigenvalue weighted by Gasteiger charge is 2.27. The molecule has 0 aliphatic heterocycles. The summed E-state index contributed by atoms with van der Waals surface area (Å²) in [6.07, 6.45) is 6.50. The van der Waals surface area contributed by atoms with E-state index in [9.17, 15) is 0 Å². The molecule has 0 saturated heterocycles. The quantitative estimate of drug-likeness (QED) is 0.851. The van der Waals surface area contributed by atoms with E-state index >= 15 is 0 Å². The molecule has 0 aromatic carbocycles. The third kappa shape index (κ3) is 1.87. The van der Waals surface area contributed by atoms with E-state index < -0.39 is 0 Å². The lowest BCUT2D eigenvalue weighted by Crippen LogP contribution is -2.13. The van der Waals surface area contributed by atoms with E-state index in [4.69, 9.17) is 0 Å². The van der Waals surface area contributed by atoms with E-state index in [1.165, 1.54) is 12.8 Å². The minimum absolute atomic E-state index is 0.753. The first-order chi connectivity index (χ1) is 7.83. The molecule has 0 radical (unpaired) electrons. The lowest BCUT2D eigenvalue weighted by molar-refractivity contribution is 0.536. The standard InChI is InChI=1S/C12H16N4/c1-9(10-2-3-10)8-13-11-5-7-16-12(15-11)4-6-14-16/h4-7,9-10H,2-3,8H2,1H3,(H,13,15). The Morgan fingerprint density at radius 3 is 3.19 bits per heavy atom. The molecule has 84 valence electrons. The number of anilines is 1. The van der Waals surface area contributed by atoms with E-state index in [1.54, 1.807) is 10.7 Å². The van der Waals surface area contributed by atoms with Crippen molar-refractivity contribution in [1.29, 1.82) is 0 Å². The number of nitrogens with zero attached hydrogens (tertiary/aromatic N) is 3. The summed E-state index contributed by atoms with van der Waals surface area (Å²) in [4.78, 5) is 4.48. The van der Waals surface area contributed by atoms with E-state index in [-0.39, 0.29) is 0 Å². The monoisotopic (exact) mass is 216 g/mol. The summed E-state index contributed by atoms with van der Waals surface area (Å²) < 4.78 is 1.77. The molecular formula is C12H16N4. The van der Waals surface area contributed by atoms with Crippen LogP contribution in [0.5, 0.6) is 0 Å². The molecular weight excluding hydrogens is 200 g/mol. The second-order valence-corrected chi connectivity index (χ2v) is 4.64. The summed E-state index contributed by atoms with van der Waals surface area (Å²) in [5.74, 6) is 2.63. The van der Waals surface area contributed by atoms with Crippen LogP contribution in [0.15, 0.2) is 24.5 Å². The Labute approximate surface area is 94.7 Å². The Bertz CT molecular complexity index is 486. The lowest BCUT2D eigenvalue weighted by Gasteiger charge is -2.11. The fourth-order valence-corrected chi connectivity index (χ4v) is 2.01. The maximum Gasteiger partial charge on any atom is 0.157 e. The molecule has 1 aliphatic carbocycles. The van der Waals surface area contributed by atoms with E-state index in [0.717, 1.165) is 29.8 Å². The van der Waals surface area contributed by atoms with Gasteiger partial charge in [0, 0.05) is 18.8 Å². The molecule has 2 aromatic heterocycles. The molecule has 1 atom stereocenters. The van der Waals surface area contributed by atoms with Crippen molar-refractivity contribution in [2.24, 2.45) is 11.8 Å². The molecule has 1 fully saturated rings. The van der Waals surface area contributed by atoms with Crippen LogP contribution < -0.4 is 5.32 Å². The average molecular weight is 216 g/mol. The number of nitrogens with one attached hydrogen (secondary N) is 1. The zero-order valence-electron chi connectivity index (χ0n) is 9.43. The molecule has 2 aromatic rings. The summed E-state index contributed by atoms with van der Waals surface area (Å²) in [5.41, 5.74) is 0.893. The maximum absolute atomic E-state index is 4.48. The van der Waals surface area contributed by atoms with Crippen LogP contribution in [0.2, 0.25) is 0 Å². The molecule has 1 saturated carbocycles. The Hall–Kier alpha value is -1.58. The van der Waals surface area contributed by atoms with Crippen molar-refractivity contribution >= 4 is 11.5 Å². The van der Waals surface area contributed by atoms with Gasteiger partial charge in [-0.1, -0.05) is 6.92 Å². The summed E-state index contributed by atoms with van der Waals surface area (Å²) >= 11 is 0. The predicted octanol–water partition coefficient (Wildman–Crippen LogP) is 2.19. The SMILES string of the molecule is CC(CNc1ccn2nccc2n1)C1CC1. The Balaban J connectivity index is 1.68. The van der Waals surface area contributed by atoms with Crippen LogP contribution in [0, 0.1) is 11.8 Å². The fraction of sp³-hybridized carbons (Fsp3) is 0.500. The van der Waals surface area contributed by atoms with E-state index in [1.807, 2.05) is 18.3 Å². The van der Waals surface area contributed by atoms with Gasteiger partial charge >= 0.3 is 0 Å². The molecule has 4 heteroatoms. The first-order valence-electron chi connectivity index (χ1n) is 5.87. The van der Waals surface area contributed by atoms with Crippen LogP contribution in [-0.2, 0) is 0 Å². The van der Waals surface area contributed by atoms with Gasteiger partial charge in [0.05, 0.1) is 6.20 Å². The Kier molecular flexibility index (Phi) is 2.27. The summed E-state index contributed by atoms with van der Waals surface area (Å²) in [7, 11) is 0. The molecule has 0 amide bonds. The second-order valence-electron chi connectivity index (χ2n) is 4.64. The third-order valence-electron chi connectivity index (χ3n) is 3.29. The second kappa shape index (κ2) is 3.77. The highest BCUT2D eigenvalue weighted by atomic mass is 15.2. The fourth-order valence-electron chi connectivity index (χ4n) is 2.01. The zero-order chi connectivity index (χ0) is 11.0. The molecule has 1 unspecified atom stereocenters. The van der Waals surface area contributed by atoms with Crippen LogP contribution in [0.4, 0.5) is 5.82 Å². The first kappa shape index (κ1) is 9.63. The van der Waals surface area contributed by atoms with Gasteiger partial charge in [0.2, 0.25) is 0 Å². The maximum atomic E-state index is 4.48. The Morgan fingerprint density at radius 1 is 1.50 bits per heavy atom. The molecule has 0 bridgehead atoms.